The van der Waals surface area contributed by atoms with Gasteiger partial charge >= 0.3 is 0 Å². The molecule has 1 aliphatic rings. The quantitative estimate of drug-likeness (QED) is 0.788. The number of nitrogens with zero attached hydrogens (tertiary/aromatic N) is 1. The van der Waals surface area contributed by atoms with Gasteiger partial charge in [-0.15, -0.1) is 0 Å². The molecular formula is C11H11N3O2S. The minimum atomic E-state index is -3.18. The summed E-state index contributed by atoms with van der Waals surface area (Å²) in [6.07, 6.45) is 2.13. The fourth-order valence-electron chi connectivity index (χ4n) is 2.22. The van der Waals surface area contributed by atoms with Gasteiger partial charge in [0.05, 0.1) is 16.8 Å². The summed E-state index contributed by atoms with van der Waals surface area (Å²) in [6.45, 7) is 0. The van der Waals surface area contributed by atoms with Crippen LogP contribution in [0.1, 0.15) is 5.56 Å². The van der Waals surface area contributed by atoms with E-state index >= 15 is 0 Å². The molecule has 88 valence electrons. The zero-order valence-corrected chi connectivity index (χ0v) is 9.79. The summed E-state index contributed by atoms with van der Waals surface area (Å²) >= 11 is 0. The van der Waals surface area contributed by atoms with Crippen LogP contribution >= 0.6 is 0 Å². The summed E-state index contributed by atoms with van der Waals surface area (Å²) in [5, 5.41) is 6.45. The Hall–Kier alpha value is -1.82. The number of aromatic amines is 1. The first-order valence-electron chi connectivity index (χ1n) is 5.23. The molecule has 1 aromatic carbocycles. The Morgan fingerprint density at radius 2 is 2.12 bits per heavy atom. The monoisotopic (exact) mass is 249 g/mol. The molecule has 17 heavy (non-hydrogen) atoms. The summed E-state index contributed by atoms with van der Waals surface area (Å²) in [7, 11) is -3.18. The highest BCUT2D eigenvalue weighted by atomic mass is 32.2. The van der Waals surface area contributed by atoms with Gasteiger partial charge in [0, 0.05) is 11.1 Å². The van der Waals surface area contributed by atoms with E-state index in [1.165, 1.54) is 0 Å². The first-order chi connectivity index (χ1) is 8.09. The molecule has 0 fully saturated rings. The normalized spacial score (nSPS) is 16.9. The Bertz CT molecular complexity index is 688. The highest BCUT2D eigenvalue weighted by Gasteiger charge is 2.30. The van der Waals surface area contributed by atoms with Gasteiger partial charge in [0.1, 0.15) is 5.82 Å². The second kappa shape index (κ2) is 3.33. The molecule has 0 aliphatic carbocycles. The van der Waals surface area contributed by atoms with Crippen LogP contribution in [0, 0.1) is 0 Å². The van der Waals surface area contributed by atoms with Gasteiger partial charge in [-0.1, -0.05) is 18.2 Å². The van der Waals surface area contributed by atoms with Gasteiger partial charge in [-0.2, -0.15) is 5.10 Å². The topological polar surface area (TPSA) is 88.8 Å². The Kier molecular flexibility index (Phi) is 2.03. The predicted octanol–water partition coefficient (Wildman–Crippen LogP) is 0.989. The van der Waals surface area contributed by atoms with Crippen molar-refractivity contribution < 1.29 is 8.42 Å². The third-order valence-corrected chi connectivity index (χ3v) is 4.85. The van der Waals surface area contributed by atoms with Crippen LogP contribution in [0.15, 0.2) is 29.3 Å². The lowest BCUT2D eigenvalue weighted by Crippen LogP contribution is -2.01. The molecular weight excluding hydrogens is 238 g/mol. The molecule has 1 aromatic heterocycles. The van der Waals surface area contributed by atoms with Crippen LogP contribution in [-0.4, -0.2) is 24.4 Å². The first-order valence-corrected chi connectivity index (χ1v) is 6.89. The fourth-order valence-corrected chi connectivity index (χ4v) is 3.99. The van der Waals surface area contributed by atoms with Crippen LogP contribution in [0.5, 0.6) is 0 Å². The van der Waals surface area contributed by atoms with Crippen LogP contribution < -0.4 is 5.73 Å². The fraction of sp³-hybridized carbons (Fsp3) is 0.182. The molecule has 5 nitrogen and oxygen atoms in total. The van der Waals surface area contributed by atoms with Crippen molar-refractivity contribution in [2.24, 2.45) is 0 Å². The predicted molar refractivity (Wildman–Crippen MR) is 64.2 cm³/mol. The van der Waals surface area contributed by atoms with Crippen molar-refractivity contribution in [2.45, 2.75) is 11.3 Å². The highest BCUT2D eigenvalue weighted by Crippen LogP contribution is 2.36. The number of hydrogen-bond donors (Lipinski definition) is 2. The Morgan fingerprint density at radius 1 is 1.29 bits per heavy atom. The molecule has 0 atom stereocenters. The van der Waals surface area contributed by atoms with Crippen LogP contribution in [-0.2, 0) is 16.3 Å². The average molecular weight is 249 g/mol. The van der Waals surface area contributed by atoms with Crippen LogP contribution in [0.4, 0.5) is 5.82 Å². The summed E-state index contributed by atoms with van der Waals surface area (Å²) < 4.78 is 24.0. The number of sulfone groups is 1. The number of rotatable bonds is 1. The summed E-state index contributed by atoms with van der Waals surface area (Å²) in [4.78, 5) is 0.410. The van der Waals surface area contributed by atoms with E-state index in [2.05, 4.69) is 10.2 Å². The standard InChI is InChI=1S/C11H11N3O2S/c12-11-9(6-13-14-11)8-3-1-2-7-4-5-17(15,16)10(7)8/h1-3,6H,4-5H2,(H3,12,13,14). The third-order valence-electron chi connectivity index (χ3n) is 3.01. The molecule has 2 aromatic rings. The summed E-state index contributed by atoms with van der Waals surface area (Å²) in [6, 6.07) is 5.46. The second-order valence-corrected chi connectivity index (χ2v) is 6.11. The number of hydrogen-bond acceptors (Lipinski definition) is 4. The van der Waals surface area contributed by atoms with Gasteiger partial charge in [-0.05, 0) is 12.0 Å². The average Bonchev–Trinajstić information content (AvgIpc) is 2.84. The second-order valence-electron chi connectivity index (χ2n) is 4.06. The number of aryl methyl sites for hydroxylation is 1. The van der Waals surface area contributed by atoms with Crippen molar-refractivity contribution in [3.8, 4) is 11.1 Å². The van der Waals surface area contributed by atoms with Crippen LogP contribution in [0.2, 0.25) is 0 Å². The number of benzene rings is 1. The van der Waals surface area contributed by atoms with E-state index in [4.69, 9.17) is 5.73 Å². The van der Waals surface area contributed by atoms with Crippen molar-refractivity contribution >= 4 is 15.7 Å². The minimum absolute atomic E-state index is 0.178. The molecule has 0 saturated carbocycles. The molecule has 2 heterocycles. The van der Waals surface area contributed by atoms with Gasteiger partial charge in [0.15, 0.2) is 9.84 Å². The SMILES string of the molecule is Nc1[nH]ncc1-c1cccc2c1S(=O)(=O)CC2. The van der Waals surface area contributed by atoms with Crippen molar-refractivity contribution in [1.29, 1.82) is 0 Å². The number of nitrogens with two attached hydrogens (primary N) is 1. The molecule has 0 radical (unpaired) electrons. The van der Waals surface area contributed by atoms with E-state index in [1.54, 1.807) is 12.3 Å². The number of anilines is 1. The highest BCUT2D eigenvalue weighted by molar-refractivity contribution is 7.91. The lowest BCUT2D eigenvalue weighted by atomic mass is 10.0. The zero-order chi connectivity index (χ0) is 12.0. The summed E-state index contributed by atoms with van der Waals surface area (Å²) in [5.74, 6) is 0.567. The smallest absolute Gasteiger partial charge is 0.179 e. The van der Waals surface area contributed by atoms with Crippen molar-refractivity contribution in [2.75, 3.05) is 11.5 Å². The molecule has 0 amide bonds. The molecule has 0 spiro atoms. The Morgan fingerprint density at radius 3 is 2.82 bits per heavy atom. The van der Waals surface area contributed by atoms with Crippen LogP contribution in [0.25, 0.3) is 11.1 Å². The van der Waals surface area contributed by atoms with E-state index in [1.807, 2.05) is 12.1 Å². The van der Waals surface area contributed by atoms with Gasteiger partial charge < -0.3 is 5.73 Å². The largest absolute Gasteiger partial charge is 0.384 e. The molecule has 0 unspecified atom stereocenters. The maximum atomic E-state index is 12.0. The number of nitrogen functional groups attached to an aromatic ring is 1. The lowest BCUT2D eigenvalue weighted by Gasteiger charge is -2.06. The van der Waals surface area contributed by atoms with Crippen molar-refractivity contribution in [1.82, 2.24) is 10.2 Å². The Balaban J connectivity index is 2.35. The van der Waals surface area contributed by atoms with Gasteiger partial charge in [-0.25, -0.2) is 8.42 Å². The zero-order valence-electron chi connectivity index (χ0n) is 8.97. The molecule has 6 heteroatoms. The maximum Gasteiger partial charge on any atom is 0.179 e. The summed E-state index contributed by atoms with van der Waals surface area (Å²) in [5.41, 5.74) is 7.90. The van der Waals surface area contributed by atoms with E-state index in [0.29, 0.717) is 28.3 Å². The molecule has 0 bridgehead atoms. The molecule has 3 N–H and O–H groups in total. The van der Waals surface area contributed by atoms with Gasteiger partial charge in [0.2, 0.25) is 0 Å². The van der Waals surface area contributed by atoms with E-state index in [-0.39, 0.29) is 5.75 Å². The number of nitrogens with one attached hydrogen (secondary N) is 1. The molecule has 1 aliphatic heterocycles. The third kappa shape index (κ3) is 1.44. The van der Waals surface area contributed by atoms with Gasteiger partial charge in [0.25, 0.3) is 0 Å². The lowest BCUT2D eigenvalue weighted by molar-refractivity contribution is 0.600. The number of fused-ring (bicyclic) bond motifs is 1. The number of aromatic nitrogens is 2. The van der Waals surface area contributed by atoms with E-state index in [0.717, 1.165) is 5.56 Å². The van der Waals surface area contributed by atoms with Crippen molar-refractivity contribution in [3.05, 3.63) is 30.0 Å². The Labute approximate surface area is 98.6 Å². The number of H-pyrrole nitrogens is 1. The van der Waals surface area contributed by atoms with Gasteiger partial charge in [-0.3, -0.25) is 5.10 Å². The van der Waals surface area contributed by atoms with Crippen LogP contribution in [0.3, 0.4) is 0 Å². The van der Waals surface area contributed by atoms with E-state index in [9.17, 15) is 8.42 Å². The van der Waals surface area contributed by atoms with E-state index < -0.39 is 9.84 Å². The first kappa shape index (κ1) is 10.3. The molecule has 0 saturated heterocycles. The minimum Gasteiger partial charge on any atom is -0.384 e. The maximum absolute atomic E-state index is 12.0. The molecule has 3 rings (SSSR count). The van der Waals surface area contributed by atoms with Crippen molar-refractivity contribution in [3.63, 3.8) is 0 Å².